The molecule has 1 aliphatic carbocycles. The van der Waals surface area contributed by atoms with Gasteiger partial charge in [0.1, 0.15) is 0 Å². The molecule has 1 heterocycles. The standard InChI is InChI=1S/C10H13FN2O4/c11-6-3-13(10(17)12-9(6)16)7-1-5(4-14)2-8(7)15/h3,5,7-8,14-15H,1-2,4H2,(H,12,16,17)/t5-,7+,8+/m0/s1. The number of aliphatic hydroxyl groups is 2. The Balaban J connectivity index is 2.38. The van der Waals surface area contributed by atoms with Crippen LogP contribution in [0.4, 0.5) is 4.39 Å². The number of rotatable bonds is 2. The maximum absolute atomic E-state index is 13.1. The summed E-state index contributed by atoms with van der Waals surface area (Å²) >= 11 is 0. The van der Waals surface area contributed by atoms with E-state index in [2.05, 4.69) is 0 Å². The van der Waals surface area contributed by atoms with Crippen LogP contribution in [0, 0.1) is 11.7 Å². The van der Waals surface area contributed by atoms with Crippen LogP contribution in [-0.2, 0) is 0 Å². The third kappa shape index (κ3) is 2.16. The molecule has 3 atom stereocenters. The summed E-state index contributed by atoms with van der Waals surface area (Å²) in [5.41, 5.74) is -1.82. The van der Waals surface area contributed by atoms with Crippen molar-refractivity contribution in [3.8, 4) is 0 Å². The van der Waals surface area contributed by atoms with E-state index in [1.54, 1.807) is 0 Å². The normalized spacial score (nSPS) is 28.5. The molecule has 6 nitrogen and oxygen atoms in total. The van der Waals surface area contributed by atoms with E-state index in [1.165, 1.54) is 0 Å². The fourth-order valence-corrected chi connectivity index (χ4v) is 2.25. The largest absolute Gasteiger partial charge is 0.396 e. The molecule has 1 aromatic heterocycles. The highest BCUT2D eigenvalue weighted by atomic mass is 19.1. The van der Waals surface area contributed by atoms with Crippen LogP contribution in [0.5, 0.6) is 0 Å². The van der Waals surface area contributed by atoms with E-state index < -0.39 is 29.2 Å². The van der Waals surface area contributed by atoms with Gasteiger partial charge in [0.2, 0.25) is 5.82 Å². The van der Waals surface area contributed by atoms with Crippen LogP contribution < -0.4 is 11.2 Å². The van der Waals surface area contributed by atoms with Crippen molar-refractivity contribution in [3.05, 3.63) is 32.9 Å². The molecule has 0 unspecified atom stereocenters. The summed E-state index contributed by atoms with van der Waals surface area (Å²) in [7, 11) is 0. The summed E-state index contributed by atoms with van der Waals surface area (Å²) < 4.78 is 14.1. The summed E-state index contributed by atoms with van der Waals surface area (Å²) in [6.45, 7) is -0.0891. The van der Waals surface area contributed by atoms with E-state index >= 15 is 0 Å². The highest BCUT2D eigenvalue weighted by molar-refractivity contribution is 4.94. The molecule has 0 spiro atoms. The highest BCUT2D eigenvalue weighted by Crippen LogP contribution is 2.33. The molecule has 1 saturated carbocycles. The van der Waals surface area contributed by atoms with Gasteiger partial charge in [0.25, 0.3) is 5.56 Å². The van der Waals surface area contributed by atoms with Crippen molar-refractivity contribution in [1.82, 2.24) is 9.55 Å². The number of hydrogen-bond donors (Lipinski definition) is 3. The maximum atomic E-state index is 13.1. The Kier molecular flexibility index (Phi) is 3.12. The Morgan fingerprint density at radius 2 is 2.18 bits per heavy atom. The van der Waals surface area contributed by atoms with Gasteiger partial charge in [-0.1, -0.05) is 0 Å². The van der Waals surface area contributed by atoms with E-state index in [-0.39, 0.29) is 12.5 Å². The Morgan fingerprint density at radius 3 is 2.76 bits per heavy atom. The monoisotopic (exact) mass is 244 g/mol. The molecule has 0 aliphatic heterocycles. The number of halogens is 1. The van der Waals surface area contributed by atoms with Crippen molar-refractivity contribution in [2.75, 3.05) is 6.61 Å². The average Bonchev–Trinajstić information content (AvgIpc) is 2.65. The zero-order valence-electron chi connectivity index (χ0n) is 8.97. The van der Waals surface area contributed by atoms with Crippen molar-refractivity contribution in [1.29, 1.82) is 0 Å². The van der Waals surface area contributed by atoms with Crippen molar-refractivity contribution in [2.24, 2.45) is 5.92 Å². The first kappa shape index (κ1) is 12.0. The molecule has 0 bridgehead atoms. The number of hydrogen-bond acceptors (Lipinski definition) is 4. The Morgan fingerprint density at radius 1 is 1.47 bits per heavy atom. The van der Waals surface area contributed by atoms with Crippen molar-refractivity contribution >= 4 is 0 Å². The van der Waals surface area contributed by atoms with Crippen LogP contribution in [0.2, 0.25) is 0 Å². The lowest BCUT2D eigenvalue weighted by Gasteiger charge is -2.16. The molecular formula is C10H13FN2O4. The average molecular weight is 244 g/mol. The molecule has 3 N–H and O–H groups in total. The third-order valence-corrected chi connectivity index (χ3v) is 3.13. The lowest BCUT2D eigenvalue weighted by molar-refractivity contribution is 0.128. The zero-order chi connectivity index (χ0) is 12.6. The maximum Gasteiger partial charge on any atom is 0.328 e. The smallest absolute Gasteiger partial charge is 0.328 e. The molecular weight excluding hydrogens is 231 g/mol. The van der Waals surface area contributed by atoms with Crippen molar-refractivity contribution in [3.63, 3.8) is 0 Å². The van der Waals surface area contributed by atoms with Crippen LogP contribution in [0.15, 0.2) is 15.8 Å². The van der Waals surface area contributed by atoms with E-state index in [0.29, 0.717) is 12.8 Å². The van der Waals surface area contributed by atoms with Gasteiger partial charge in [-0.25, -0.2) is 4.79 Å². The second kappa shape index (κ2) is 4.42. The van der Waals surface area contributed by atoms with Crippen LogP contribution in [0.25, 0.3) is 0 Å². The number of aromatic amines is 1. The van der Waals surface area contributed by atoms with Gasteiger partial charge in [-0.3, -0.25) is 14.3 Å². The Labute approximate surface area is 95.3 Å². The fourth-order valence-electron chi connectivity index (χ4n) is 2.25. The molecule has 0 saturated heterocycles. The predicted molar refractivity (Wildman–Crippen MR) is 56.1 cm³/mol. The van der Waals surface area contributed by atoms with Gasteiger partial charge < -0.3 is 10.2 Å². The lowest BCUT2D eigenvalue weighted by atomic mass is 10.1. The van der Waals surface area contributed by atoms with Gasteiger partial charge >= 0.3 is 5.69 Å². The van der Waals surface area contributed by atoms with Gasteiger partial charge in [0.15, 0.2) is 0 Å². The number of aliphatic hydroxyl groups excluding tert-OH is 2. The topological polar surface area (TPSA) is 95.3 Å². The molecule has 0 aromatic carbocycles. The van der Waals surface area contributed by atoms with Crippen LogP contribution in [0.1, 0.15) is 18.9 Å². The summed E-state index contributed by atoms with van der Waals surface area (Å²) in [5, 5.41) is 18.7. The summed E-state index contributed by atoms with van der Waals surface area (Å²) in [6, 6.07) is -0.606. The minimum absolute atomic E-state index is 0.0891. The minimum Gasteiger partial charge on any atom is -0.396 e. The van der Waals surface area contributed by atoms with E-state index in [1.807, 2.05) is 4.98 Å². The van der Waals surface area contributed by atoms with Gasteiger partial charge in [-0.05, 0) is 18.8 Å². The van der Waals surface area contributed by atoms with Crippen LogP contribution >= 0.6 is 0 Å². The number of nitrogens with zero attached hydrogens (tertiary/aromatic N) is 1. The number of nitrogens with one attached hydrogen (secondary N) is 1. The first-order chi connectivity index (χ1) is 8.02. The SMILES string of the molecule is O=c1[nH]c(=O)n([C@@H]2C[C@H](CO)C[C@H]2O)cc1F. The minimum atomic E-state index is -1.07. The predicted octanol–water partition coefficient (Wildman–Crippen LogP) is -1.02. The molecule has 17 heavy (non-hydrogen) atoms. The molecule has 0 amide bonds. The summed E-state index contributed by atoms with van der Waals surface area (Å²) in [4.78, 5) is 24.2. The van der Waals surface area contributed by atoms with Crippen molar-refractivity contribution < 1.29 is 14.6 Å². The zero-order valence-corrected chi connectivity index (χ0v) is 8.97. The molecule has 94 valence electrons. The van der Waals surface area contributed by atoms with Gasteiger partial charge in [0.05, 0.1) is 18.3 Å². The van der Waals surface area contributed by atoms with Crippen molar-refractivity contribution in [2.45, 2.75) is 25.0 Å². The van der Waals surface area contributed by atoms with E-state index in [4.69, 9.17) is 5.11 Å². The van der Waals surface area contributed by atoms with Gasteiger partial charge in [-0.2, -0.15) is 4.39 Å². The van der Waals surface area contributed by atoms with Crippen LogP contribution in [-0.4, -0.2) is 32.5 Å². The first-order valence-corrected chi connectivity index (χ1v) is 5.32. The molecule has 1 fully saturated rings. The lowest BCUT2D eigenvalue weighted by Crippen LogP contribution is -2.36. The Bertz CT molecular complexity index is 524. The number of aromatic nitrogens is 2. The second-order valence-corrected chi connectivity index (χ2v) is 4.30. The highest BCUT2D eigenvalue weighted by Gasteiger charge is 2.34. The molecule has 1 aromatic rings. The van der Waals surface area contributed by atoms with Gasteiger partial charge in [0, 0.05) is 6.61 Å². The Hall–Kier alpha value is -1.47. The van der Waals surface area contributed by atoms with Crippen LogP contribution in [0.3, 0.4) is 0 Å². The fraction of sp³-hybridized carbons (Fsp3) is 0.600. The van der Waals surface area contributed by atoms with Gasteiger partial charge in [-0.15, -0.1) is 0 Å². The summed E-state index contributed by atoms with van der Waals surface area (Å²) in [5.74, 6) is -1.18. The third-order valence-electron chi connectivity index (χ3n) is 3.13. The van der Waals surface area contributed by atoms with E-state index in [9.17, 15) is 19.1 Å². The molecule has 7 heteroatoms. The molecule has 2 rings (SSSR count). The second-order valence-electron chi connectivity index (χ2n) is 4.30. The molecule has 0 radical (unpaired) electrons. The first-order valence-electron chi connectivity index (χ1n) is 5.32. The number of H-pyrrole nitrogens is 1. The quantitative estimate of drug-likeness (QED) is 0.620. The van der Waals surface area contributed by atoms with E-state index in [0.717, 1.165) is 10.8 Å². The molecule has 1 aliphatic rings. The summed E-state index contributed by atoms with van der Waals surface area (Å²) in [6.07, 6.45) is 0.710.